The maximum Gasteiger partial charge on any atom is 0.319 e. The fraction of sp³-hybridized carbons (Fsp3) is 0.526. The Bertz CT molecular complexity index is 724. The summed E-state index contributed by atoms with van der Waals surface area (Å²) >= 11 is 0. The van der Waals surface area contributed by atoms with Crippen molar-refractivity contribution in [3.05, 3.63) is 29.8 Å². The van der Waals surface area contributed by atoms with E-state index < -0.39 is 5.54 Å². The van der Waals surface area contributed by atoms with Gasteiger partial charge in [0.1, 0.15) is 11.3 Å². The van der Waals surface area contributed by atoms with Crippen LogP contribution in [0.5, 0.6) is 5.75 Å². The number of benzene rings is 1. The largest absolute Gasteiger partial charge is 0.508 e. The van der Waals surface area contributed by atoms with E-state index in [0.717, 1.165) is 5.56 Å². The number of phenols is 1. The molecule has 0 radical (unpaired) electrons. The number of hydrogen-bond acceptors (Lipinski definition) is 4. The van der Waals surface area contributed by atoms with Gasteiger partial charge in [0.2, 0.25) is 11.8 Å². The van der Waals surface area contributed by atoms with Crippen LogP contribution >= 0.6 is 0 Å². The van der Waals surface area contributed by atoms with Gasteiger partial charge in [-0.15, -0.1) is 0 Å². The molecule has 0 unspecified atom stereocenters. The third-order valence-electron chi connectivity index (χ3n) is 5.23. The average Bonchev–Trinajstić information content (AvgIpc) is 2.93. The molecular formula is C19H26N4O4. The van der Waals surface area contributed by atoms with Crippen LogP contribution in [-0.4, -0.2) is 64.1 Å². The highest BCUT2D eigenvalue weighted by atomic mass is 16.3. The minimum Gasteiger partial charge on any atom is -0.508 e. The second-order valence-electron chi connectivity index (χ2n) is 7.45. The third kappa shape index (κ3) is 3.84. The number of amides is 4. The van der Waals surface area contributed by atoms with Crippen molar-refractivity contribution in [1.29, 1.82) is 0 Å². The van der Waals surface area contributed by atoms with Crippen molar-refractivity contribution in [2.24, 2.45) is 0 Å². The number of carbonyl (C=O) groups is 3. The van der Waals surface area contributed by atoms with Gasteiger partial charge in [0.05, 0.1) is 13.1 Å². The summed E-state index contributed by atoms with van der Waals surface area (Å²) in [6.07, 6.45) is 1.09. The number of rotatable bonds is 3. The number of carbonyl (C=O) groups excluding carboxylic acids is 3. The van der Waals surface area contributed by atoms with E-state index in [0.29, 0.717) is 25.9 Å². The monoisotopic (exact) mass is 374 g/mol. The first-order chi connectivity index (χ1) is 12.8. The maximum atomic E-state index is 12.6. The molecule has 8 nitrogen and oxygen atoms in total. The number of hydrogen-bond donors (Lipinski definition) is 3. The van der Waals surface area contributed by atoms with Crippen LogP contribution in [0.15, 0.2) is 24.3 Å². The fourth-order valence-corrected chi connectivity index (χ4v) is 3.70. The highest BCUT2D eigenvalue weighted by Crippen LogP contribution is 2.32. The van der Waals surface area contributed by atoms with Crippen LogP contribution in [-0.2, 0) is 16.0 Å². The molecule has 0 saturated carbocycles. The number of piperidine rings is 1. The van der Waals surface area contributed by atoms with Gasteiger partial charge >= 0.3 is 6.03 Å². The van der Waals surface area contributed by atoms with E-state index >= 15 is 0 Å². The molecule has 8 heteroatoms. The van der Waals surface area contributed by atoms with Gasteiger partial charge in [-0.1, -0.05) is 12.1 Å². The lowest BCUT2D eigenvalue weighted by Gasteiger charge is -2.42. The quantitative estimate of drug-likeness (QED) is 0.728. The zero-order valence-electron chi connectivity index (χ0n) is 15.7. The SMILES string of the molecule is CC(C)NC(=O)N1CNC(=O)C12CCN(C(=O)Cc1ccc(O)cc1)CC2. The summed E-state index contributed by atoms with van der Waals surface area (Å²) < 4.78 is 0. The van der Waals surface area contributed by atoms with Crippen molar-refractivity contribution in [1.82, 2.24) is 20.4 Å². The first-order valence-corrected chi connectivity index (χ1v) is 9.24. The molecular weight excluding hydrogens is 348 g/mol. The summed E-state index contributed by atoms with van der Waals surface area (Å²) in [4.78, 5) is 40.8. The number of likely N-dealkylation sites (tertiary alicyclic amines) is 1. The highest BCUT2D eigenvalue weighted by Gasteiger charge is 2.52. The molecule has 27 heavy (non-hydrogen) atoms. The molecule has 3 N–H and O–H groups in total. The third-order valence-corrected chi connectivity index (χ3v) is 5.23. The van der Waals surface area contributed by atoms with Crippen LogP contribution in [0.3, 0.4) is 0 Å². The van der Waals surface area contributed by atoms with Gasteiger partial charge in [-0.05, 0) is 44.4 Å². The zero-order chi connectivity index (χ0) is 19.6. The van der Waals surface area contributed by atoms with Gasteiger partial charge < -0.3 is 20.6 Å². The lowest BCUT2D eigenvalue weighted by Crippen LogP contribution is -2.60. The molecule has 3 rings (SSSR count). The van der Waals surface area contributed by atoms with Crippen LogP contribution in [0.4, 0.5) is 4.79 Å². The molecule has 0 bridgehead atoms. The van der Waals surface area contributed by atoms with E-state index in [9.17, 15) is 19.5 Å². The normalized spacial score (nSPS) is 18.7. The van der Waals surface area contributed by atoms with Crippen LogP contribution in [0.1, 0.15) is 32.3 Å². The van der Waals surface area contributed by atoms with Gasteiger partial charge in [0, 0.05) is 19.1 Å². The Morgan fingerprint density at radius 2 is 1.85 bits per heavy atom. The smallest absolute Gasteiger partial charge is 0.319 e. The molecule has 2 saturated heterocycles. The Morgan fingerprint density at radius 1 is 1.22 bits per heavy atom. The van der Waals surface area contributed by atoms with Crippen molar-refractivity contribution < 1.29 is 19.5 Å². The summed E-state index contributed by atoms with van der Waals surface area (Å²) in [6, 6.07) is 6.29. The van der Waals surface area contributed by atoms with Gasteiger partial charge in [0.15, 0.2) is 0 Å². The topological polar surface area (TPSA) is 102 Å². The summed E-state index contributed by atoms with van der Waals surface area (Å²) in [5, 5.41) is 15.0. The van der Waals surface area contributed by atoms with E-state index in [2.05, 4.69) is 10.6 Å². The Balaban J connectivity index is 1.64. The molecule has 0 aromatic heterocycles. The Labute approximate surface area is 158 Å². The van der Waals surface area contributed by atoms with E-state index in [4.69, 9.17) is 0 Å². The second-order valence-corrected chi connectivity index (χ2v) is 7.45. The minimum absolute atomic E-state index is 0.0165. The number of aromatic hydroxyl groups is 1. The van der Waals surface area contributed by atoms with Crippen molar-refractivity contribution in [3.8, 4) is 5.75 Å². The molecule has 146 valence electrons. The Morgan fingerprint density at radius 3 is 2.44 bits per heavy atom. The molecule has 2 heterocycles. The Kier molecular flexibility index (Phi) is 5.25. The van der Waals surface area contributed by atoms with Gasteiger partial charge in [-0.3, -0.25) is 14.5 Å². The van der Waals surface area contributed by atoms with Crippen molar-refractivity contribution in [2.75, 3.05) is 19.8 Å². The summed E-state index contributed by atoms with van der Waals surface area (Å²) in [5.41, 5.74) is -0.0523. The van der Waals surface area contributed by atoms with Crippen LogP contribution in [0, 0.1) is 0 Å². The molecule has 2 aliphatic heterocycles. The summed E-state index contributed by atoms with van der Waals surface area (Å²) in [6.45, 7) is 4.80. The van der Waals surface area contributed by atoms with E-state index in [1.165, 1.54) is 0 Å². The van der Waals surface area contributed by atoms with Gasteiger partial charge in [-0.2, -0.15) is 0 Å². The molecule has 2 fully saturated rings. The van der Waals surface area contributed by atoms with Gasteiger partial charge in [-0.25, -0.2) is 4.79 Å². The molecule has 1 spiro atoms. The number of nitrogens with one attached hydrogen (secondary N) is 2. The molecule has 0 atom stereocenters. The van der Waals surface area contributed by atoms with Crippen LogP contribution < -0.4 is 10.6 Å². The standard InChI is InChI=1S/C19H26N4O4/c1-13(2)21-18(27)23-12-20-17(26)19(23)7-9-22(10-8-19)16(25)11-14-3-5-15(24)6-4-14/h3-6,13,24H,7-12H2,1-2H3,(H,20,26)(H,21,27). The first-order valence-electron chi connectivity index (χ1n) is 9.24. The summed E-state index contributed by atoms with van der Waals surface area (Å²) in [7, 11) is 0. The first kappa shape index (κ1) is 19.0. The van der Waals surface area contributed by atoms with Crippen LogP contribution in [0.2, 0.25) is 0 Å². The van der Waals surface area contributed by atoms with Crippen molar-refractivity contribution in [3.63, 3.8) is 0 Å². The number of nitrogens with zero attached hydrogens (tertiary/aromatic N) is 2. The predicted octanol–water partition coefficient (Wildman–Crippen LogP) is 0.803. The number of phenolic OH excluding ortho intramolecular Hbond substituents is 1. The molecule has 4 amide bonds. The molecule has 1 aromatic carbocycles. The lowest BCUT2D eigenvalue weighted by molar-refractivity contribution is -0.136. The van der Waals surface area contributed by atoms with Crippen molar-refractivity contribution >= 4 is 17.8 Å². The molecule has 1 aromatic rings. The maximum absolute atomic E-state index is 12.6. The zero-order valence-corrected chi connectivity index (χ0v) is 15.7. The molecule has 0 aliphatic carbocycles. The predicted molar refractivity (Wildman–Crippen MR) is 98.9 cm³/mol. The number of urea groups is 1. The minimum atomic E-state index is -0.881. The van der Waals surface area contributed by atoms with Crippen molar-refractivity contribution in [2.45, 2.75) is 44.7 Å². The fourth-order valence-electron chi connectivity index (χ4n) is 3.70. The lowest BCUT2D eigenvalue weighted by atomic mass is 9.86. The summed E-state index contributed by atoms with van der Waals surface area (Å²) in [5.74, 6) is -0.00251. The van der Waals surface area contributed by atoms with E-state index in [-0.39, 0.29) is 42.7 Å². The van der Waals surface area contributed by atoms with E-state index in [1.54, 1.807) is 34.1 Å². The molecule has 2 aliphatic rings. The van der Waals surface area contributed by atoms with E-state index in [1.807, 2.05) is 13.8 Å². The van der Waals surface area contributed by atoms with Crippen LogP contribution in [0.25, 0.3) is 0 Å². The average molecular weight is 374 g/mol. The Hall–Kier alpha value is -2.77. The van der Waals surface area contributed by atoms with Gasteiger partial charge in [0.25, 0.3) is 0 Å². The highest BCUT2D eigenvalue weighted by molar-refractivity contribution is 5.94. The second kappa shape index (κ2) is 7.46.